The number of carbonyl (C=O) groups excluding carboxylic acids is 1. The Hall–Kier alpha value is -1.89. The van der Waals surface area contributed by atoms with Crippen LogP contribution in [0.25, 0.3) is 0 Å². The molecule has 1 aliphatic heterocycles. The summed E-state index contributed by atoms with van der Waals surface area (Å²) < 4.78 is 11.4. The van der Waals surface area contributed by atoms with Crippen molar-refractivity contribution in [3.63, 3.8) is 0 Å². The number of benzene rings is 1. The highest BCUT2D eigenvalue weighted by atomic mass is 16.6. The Morgan fingerprint density at radius 2 is 2.08 bits per heavy atom. The molecule has 6 nitrogen and oxygen atoms in total. The summed E-state index contributed by atoms with van der Waals surface area (Å²) in [5, 5.41) is 11.8. The molecule has 2 atom stereocenters. The number of hydroxylamine groups is 2. The summed E-state index contributed by atoms with van der Waals surface area (Å²) in [6.45, 7) is 13.5. The largest absolute Gasteiger partial charge is 0.444 e. The molecule has 1 amide bonds. The van der Waals surface area contributed by atoms with E-state index in [1.54, 1.807) is 11.0 Å². The molecule has 1 N–H and O–H groups in total. The van der Waals surface area contributed by atoms with E-state index in [2.05, 4.69) is 6.58 Å². The third-order valence-electron chi connectivity index (χ3n) is 4.28. The van der Waals surface area contributed by atoms with Crippen LogP contribution in [0.5, 0.6) is 0 Å². The van der Waals surface area contributed by atoms with Crippen LogP contribution in [0, 0.1) is 0 Å². The summed E-state index contributed by atoms with van der Waals surface area (Å²) in [6.07, 6.45) is 1.17. The number of ether oxygens (including phenoxy) is 2. The Labute approximate surface area is 156 Å². The Balaban J connectivity index is 2.21. The molecule has 0 radical (unpaired) electrons. The topological polar surface area (TPSA) is 62.2 Å². The van der Waals surface area contributed by atoms with Gasteiger partial charge in [-0.1, -0.05) is 36.4 Å². The summed E-state index contributed by atoms with van der Waals surface area (Å²) >= 11 is 0. The fourth-order valence-corrected chi connectivity index (χ4v) is 3.10. The minimum atomic E-state index is -0.832. The van der Waals surface area contributed by atoms with E-state index in [0.29, 0.717) is 6.54 Å². The monoisotopic (exact) mass is 362 g/mol. The summed E-state index contributed by atoms with van der Waals surface area (Å²) in [7, 11) is 0. The lowest BCUT2D eigenvalue weighted by Crippen LogP contribution is -2.56. The summed E-state index contributed by atoms with van der Waals surface area (Å²) in [6, 6.07) is 8.72. The lowest BCUT2D eigenvalue weighted by atomic mass is 10.1. The third kappa shape index (κ3) is 4.84. The fraction of sp³-hybridized carbons (Fsp3) is 0.550. The molecule has 26 heavy (non-hydrogen) atoms. The van der Waals surface area contributed by atoms with Gasteiger partial charge in [0.25, 0.3) is 0 Å². The summed E-state index contributed by atoms with van der Waals surface area (Å²) in [5.74, 6) is 0. The number of carbonyl (C=O) groups is 1. The maximum Gasteiger partial charge on any atom is 0.412 e. The average Bonchev–Trinajstić information content (AvgIpc) is 2.82. The zero-order chi connectivity index (χ0) is 19.5. The first-order valence-corrected chi connectivity index (χ1v) is 8.83. The van der Waals surface area contributed by atoms with Crippen LogP contribution in [0.3, 0.4) is 0 Å². The highest BCUT2D eigenvalue weighted by Gasteiger charge is 2.49. The van der Waals surface area contributed by atoms with Crippen LogP contribution in [0.2, 0.25) is 0 Å². The molecule has 1 aromatic rings. The van der Waals surface area contributed by atoms with Crippen molar-refractivity contribution in [1.82, 2.24) is 9.96 Å². The molecule has 1 aliphatic rings. The van der Waals surface area contributed by atoms with Crippen molar-refractivity contribution < 1.29 is 19.5 Å². The molecule has 1 fully saturated rings. The molecule has 0 saturated carbocycles. The lowest BCUT2D eigenvalue weighted by Gasteiger charge is -2.38. The maximum absolute atomic E-state index is 12.8. The second kappa shape index (κ2) is 7.78. The standard InChI is InChI=1S/C20H30N2O4/c1-7-16(21(24)13-15-11-9-8-10-12-15)17-14-25-20(5,6)22(17)18(23)26-19(2,3)4/h7-12,16-17,24H,1,13-14H2,2-6H3/t16-,17-/m0/s1. The molecule has 1 heterocycles. The van der Waals surface area contributed by atoms with Gasteiger partial charge in [-0.25, -0.2) is 4.79 Å². The first-order chi connectivity index (χ1) is 12.0. The van der Waals surface area contributed by atoms with Gasteiger partial charge in [-0.15, -0.1) is 6.58 Å². The van der Waals surface area contributed by atoms with E-state index < -0.39 is 29.5 Å². The van der Waals surface area contributed by atoms with Gasteiger partial charge in [0.2, 0.25) is 0 Å². The van der Waals surface area contributed by atoms with Crippen molar-refractivity contribution >= 4 is 6.09 Å². The highest BCUT2D eigenvalue weighted by molar-refractivity contribution is 5.70. The van der Waals surface area contributed by atoms with Crippen molar-refractivity contribution in [2.24, 2.45) is 0 Å². The van der Waals surface area contributed by atoms with Crippen molar-refractivity contribution in [3.8, 4) is 0 Å². The normalized spacial score (nSPS) is 20.9. The Bertz CT molecular complexity index is 624. The molecule has 144 valence electrons. The van der Waals surface area contributed by atoms with Gasteiger partial charge in [0.05, 0.1) is 18.7 Å². The SMILES string of the molecule is C=C[C@@H]([C@@H]1COC(C)(C)N1C(=O)OC(C)(C)C)N(O)Cc1ccccc1. The van der Waals surface area contributed by atoms with Gasteiger partial charge in [0, 0.05) is 6.54 Å². The van der Waals surface area contributed by atoms with Gasteiger partial charge in [0.15, 0.2) is 0 Å². The Kier molecular flexibility index (Phi) is 6.11. The van der Waals surface area contributed by atoms with E-state index in [1.807, 2.05) is 65.0 Å². The molecular formula is C20H30N2O4. The summed E-state index contributed by atoms with van der Waals surface area (Å²) in [4.78, 5) is 14.3. The van der Waals surface area contributed by atoms with Crippen molar-refractivity contribution in [3.05, 3.63) is 48.6 Å². The number of rotatable bonds is 5. The van der Waals surface area contributed by atoms with Gasteiger partial charge < -0.3 is 14.7 Å². The van der Waals surface area contributed by atoms with E-state index >= 15 is 0 Å². The van der Waals surface area contributed by atoms with E-state index in [0.717, 1.165) is 5.56 Å². The minimum absolute atomic E-state index is 0.286. The van der Waals surface area contributed by atoms with Crippen LogP contribution in [-0.2, 0) is 16.0 Å². The van der Waals surface area contributed by atoms with E-state index in [-0.39, 0.29) is 6.61 Å². The van der Waals surface area contributed by atoms with Gasteiger partial charge in [-0.05, 0) is 40.2 Å². The average molecular weight is 362 g/mol. The molecule has 0 aliphatic carbocycles. The quantitative estimate of drug-likeness (QED) is 0.637. The van der Waals surface area contributed by atoms with Gasteiger partial charge in [-0.3, -0.25) is 4.90 Å². The number of hydrogen-bond acceptors (Lipinski definition) is 5. The van der Waals surface area contributed by atoms with Crippen LogP contribution in [0.15, 0.2) is 43.0 Å². The van der Waals surface area contributed by atoms with E-state index in [1.165, 1.54) is 5.06 Å². The van der Waals surface area contributed by atoms with Crippen LogP contribution in [-0.4, -0.2) is 51.3 Å². The van der Waals surface area contributed by atoms with Gasteiger partial charge >= 0.3 is 6.09 Å². The van der Waals surface area contributed by atoms with E-state index in [9.17, 15) is 10.0 Å². The molecule has 0 aromatic heterocycles. The fourth-order valence-electron chi connectivity index (χ4n) is 3.10. The first-order valence-electron chi connectivity index (χ1n) is 8.83. The van der Waals surface area contributed by atoms with Crippen LogP contribution >= 0.6 is 0 Å². The highest BCUT2D eigenvalue weighted by Crippen LogP contribution is 2.32. The zero-order valence-electron chi connectivity index (χ0n) is 16.3. The molecule has 0 bridgehead atoms. The van der Waals surface area contributed by atoms with Crippen LogP contribution < -0.4 is 0 Å². The molecule has 1 aromatic carbocycles. The van der Waals surface area contributed by atoms with Crippen molar-refractivity contribution in [2.75, 3.05) is 6.61 Å². The number of nitrogens with zero attached hydrogens (tertiary/aromatic N) is 2. The second-order valence-corrected chi connectivity index (χ2v) is 7.98. The summed E-state index contributed by atoms with van der Waals surface area (Å²) in [5.41, 5.74) is -0.488. The van der Waals surface area contributed by atoms with E-state index in [4.69, 9.17) is 9.47 Å². The van der Waals surface area contributed by atoms with Crippen molar-refractivity contribution in [1.29, 1.82) is 0 Å². The Morgan fingerprint density at radius 3 is 2.62 bits per heavy atom. The Morgan fingerprint density at radius 1 is 1.46 bits per heavy atom. The van der Waals surface area contributed by atoms with Crippen LogP contribution in [0.4, 0.5) is 4.79 Å². The predicted molar refractivity (Wildman–Crippen MR) is 99.6 cm³/mol. The third-order valence-corrected chi connectivity index (χ3v) is 4.28. The first kappa shape index (κ1) is 20.4. The van der Waals surface area contributed by atoms with Crippen LogP contribution in [0.1, 0.15) is 40.2 Å². The number of amides is 1. The van der Waals surface area contributed by atoms with Gasteiger partial charge in [0.1, 0.15) is 11.3 Å². The smallest absolute Gasteiger partial charge is 0.412 e. The maximum atomic E-state index is 12.8. The second-order valence-electron chi connectivity index (χ2n) is 7.98. The minimum Gasteiger partial charge on any atom is -0.444 e. The zero-order valence-corrected chi connectivity index (χ0v) is 16.3. The predicted octanol–water partition coefficient (Wildman–Crippen LogP) is 3.80. The molecule has 0 unspecified atom stereocenters. The molecule has 2 rings (SSSR count). The lowest BCUT2D eigenvalue weighted by molar-refractivity contribution is -0.138. The van der Waals surface area contributed by atoms with Crippen molar-refractivity contribution in [2.45, 2.75) is 64.6 Å². The molecule has 1 saturated heterocycles. The molecular weight excluding hydrogens is 332 g/mol. The molecule has 6 heteroatoms. The number of hydrogen-bond donors (Lipinski definition) is 1. The van der Waals surface area contributed by atoms with Gasteiger partial charge in [-0.2, -0.15) is 5.06 Å². The molecule has 0 spiro atoms.